The van der Waals surface area contributed by atoms with Gasteiger partial charge in [-0.1, -0.05) is 30.7 Å². The molecule has 1 aromatic carbocycles. The van der Waals surface area contributed by atoms with Gasteiger partial charge in [0.25, 0.3) is 0 Å². The molecule has 0 radical (unpaired) electrons. The predicted octanol–water partition coefficient (Wildman–Crippen LogP) is 5.41. The molecule has 0 aromatic heterocycles. The fourth-order valence-corrected chi connectivity index (χ4v) is 4.39. The van der Waals surface area contributed by atoms with E-state index in [-0.39, 0.29) is 11.0 Å². The van der Waals surface area contributed by atoms with E-state index in [9.17, 15) is 5.11 Å². The topological polar surface area (TPSA) is 29.5 Å². The molecular weight excluding hydrogens is 284 g/mol. The van der Waals surface area contributed by atoms with E-state index in [1.54, 1.807) is 6.07 Å². The highest BCUT2D eigenvalue weighted by atomic mass is 16.5. The Labute approximate surface area is 139 Å². The third-order valence-electron chi connectivity index (χ3n) is 5.64. The van der Waals surface area contributed by atoms with Crippen molar-refractivity contribution in [3.8, 4) is 11.5 Å². The summed E-state index contributed by atoms with van der Waals surface area (Å²) in [6, 6.07) is 5.50. The molecule has 23 heavy (non-hydrogen) atoms. The molecule has 2 aliphatic rings. The first-order valence-corrected chi connectivity index (χ1v) is 8.66. The van der Waals surface area contributed by atoms with Crippen LogP contribution in [-0.4, -0.2) is 10.7 Å². The number of ether oxygens (including phenoxy) is 1. The van der Waals surface area contributed by atoms with Crippen LogP contribution in [0.4, 0.5) is 0 Å². The van der Waals surface area contributed by atoms with Gasteiger partial charge in [0, 0.05) is 5.92 Å². The van der Waals surface area contributed by atoms with Crippen molar-refractivity contribution in [2.24, 2.45) is 11.3 Å². The average molecular weight is 312 g/mol. The van der Waals surface area contributed by atoms with Crippen LogP contribution in [0.15, 0.2) is 42.0 Å². The Kier molecular flexibility index (Phi) is 4.03. The van der Waals surface area contributed by atoms with Crippen LogP contribution in [0.5, 0.6) is 11.5 Å². The van der Waals surface area contributed by atoms with Gasteiger partial charge in [0.05, 0.1) is 0 Å². The fourth-order valence-electron chi connectivity index (χ4n) is 4.39. The molecule has 3 rings (SSSR count). The minimum atomic E-state index is -0.119. The van der Waals surface area contributed by atoms with Crippen molar-refractivity contribution in [1.82, 2.24) is 0 Å². The number of hydrogen-bond donors (Lipinski definition) is 1. The highest BCUT2D eigenvalue weighted by Crippen LogP contribution is 2.54. The van der Waals surface area contributed by atoms with Crippen molar-refractivity contribution in [2.75, 3.05) is 0 Å². The van der Waals surface area contributed by atoms with E-state index in [1.807, 2.05) is 12.1 Å². The summed E-state index contributed by atoms with van der Waals surface area (Å²) < 4.78 is 6.44. The Morgan fingerprint density at radius 3 is 2.78 bits per heavy atom. The molecule has 1 fully saturated rings. The number of rotatable bonds is 2. The lowest BCUT2D eigenvalue weighted by molar-refractivity contribution is -0.0710. The third kappa shape index (κ3) is 3.04. The van der Waals surface area contributed by atoms with Gasteiger partial charge in [-0.2, -0.15) is 0 Å². The van der Waals surface area contributed by atoms with Gasteiger partial charge in [-0.25, -0.2) is 0 Å². The summed E-state index contributed by atoms with van der Waals surface area (Å²) in [6.07, 6.45) is 11.2. The van der Waals surface area contributed by atoms with Gasteiger partial charge in [-0.05, 0) is 75.6 Å². The minimum absolute atomic E-state index is 0.119. The lowest BCUT2D eigenvalue weighted by Crippen LogP contribution is -2.54. The number of hydrogen-bond acceptors (Lipinski definition) is 2. The maximum atomic E-state index is 9.80. The first-order chi connectivity index (χ1) is 10.8. The van der Waals surface area contributed by atoms with Crippen LogP contribution in [0.25, 0.3) is 0 Å². The minimum Gasteiger partial charge on any atom is -0.508 e. The maximum Gasteiger partial charge on any atom is 0.123 e. The predicted molar refractivity (Wildman–Crippen MR) is 94.9 cm³/mol. The van der Waals surface area contributed by atoms with Crippen LogP contribution in [0, 0.1) is 11.3 Å². The van der Waals surface area contributed by atoms with Crippen LogP contribution in [0.2, 0.25) is 0 Å². The lowest BCUT2D eigenvalue weighted by Gasteiger charge is -2.53. The summed E-state index contributed by atoms with van der Waals surface area (Å²) >= 11 is 0. The molecule has 1 aromatic rings. The summed E-state index contributed by atoms with van der Waals surface area (Å²) in [6.45, 7) is 8.88. The van der Waals surface area contributed by atoms with Gasteiger partial charge < -0.3 is 9.84 Å². The molecule has 1 aliphatic heterocycles. The standard InChI is InChI=1S/C21H28O2/c1-15(2)7-5-10-20(3)11-6-12-21(4)19(20)14-16-13-17(22)8-9-18(16)23-21/h5,7-10,13,19,22H,6,11-12,14H2,1-4H3/b10-5+/t19-,20-,21-/m0/s1. The molecule has 124 valence electrons. The molecule has 0 amide bonds. The Balaban J connectivity index is 1.97. The van der Waals surface area contributed by atoms with E-state index in [2.05, 4.69) is 45.9 Å². The van der Waals surface area contributed by atoms with Crippen LogP contribution in [0.1, 0.15) is 52.5 Å². The number of phenolic OH excluding ortho intramolecular Hbond substituents is 1. The molecule has 3 atom stereocenters. The van der Waals surface area contributed by atoms with E-state index < -0.39 is 0 Å². The number of aromatic hydroxyl groups is 1. The number of allylic oxidation sites excluding steroid dienone is 4. The average Bonchev–Trinajstić information content (AvgIpc) is 2.46. The van der Waals surface area contributed by atoms with E-state index in [1.165, 1.54) is 18.4 Å². The van der Waals surface area contributed by atoms with E-state index >= 15 is 0 Å². The second kappa shape index (κ2) is 5.74. The van der Waals surface area contributed by atoms with Crippen LogP contribution in [0.3, 0.4) is 0 Å². The van der Waals surface area contributed by atoms with Gasteiger partial charge in [-0.15, -0.1) is 0 Å². The zero-order chi connectivity index (χ0) is 16.7. The summed E-state index contributed by atoms with van der Waals surface area (Å²) in [4.78, 5) is 0. The fraction of sp³-hybridized carbons (Fsp3) is 0.524. The molecule has 2 nitrogen and oxygen atoms in total. The van der Waals surface area contributed by atoms with Crippen molar-refractivity contribution in [1.29, 1.82) is 0 Å². The molecule has 1 saturated carbocycles. The zero-order valence-corrected chi connectivity index (χ0v) is 14.7. The second-order valence-corrected chi connectivity index (χ2v) is 7.93. The summed E-state index contributed by atoms with van der Waals surface area (Å²) in [7, 11) is 0. The second-order valence-electron chi connectivity index (χ2n) is 7.93. The highest BCUT2D eigenvalue weighted by molar-refractivity contribution is 5.43. The summed E-state index contributed by atoms with van der Waals surface area (Å²) in [5, 5.41) is 9.80. The Bertz CT molecular complexity index is 654. The first kappa shape index (κ1) is 16.2. The molecular formula is C21H28O2. The maximum absolute atomic E-state index is 9.80. The van der Waals surface area contributed by atoms with Gasteiger partial charge in [-0.3, -0.25) is 0 Å². The molecule has 0 saturated heterocycles. The first-order valence-electron chi connectivity index (χ1n) is 8.66. The Hall–Kier alpha value is -1.70. The third-order valence-corrected chi connectivity index (χ3v) is 5.64. The largest absolute Gasteiger partial charge is 0.508 e. The van der Waals surface area contributed by atoms with E-state index in [0.717, 1.165) is 24.2 Å². The van der Waals surface area contributed by atoms with Crippen LogP contribution < -0.4 is 4.74 Å². The van der Waals surface area contributed by atoms with Crippen LogP contribution in [-0.2, 0) is 6.42 Å². The Morgan fingerprint density at radius 2 is 2.04 bits per heavy atom. The smallest absolute Gasteiger partial charge is 0.123 e. The normalized spacial score (nSPS) is 32.8. The van der Waals surface area contributed by atoms with Crippen LogP contribution >= 0.6 is 0 Å². The van der Waals surface area contributed by atoms with Gasteiger partial charge >= 0.3 is 0 Å². The van der Waals surface area contributed by atoms with Crippen molar-refractivity contribution < 1.29 is 9.84 Å². The SMILES string of the molecule is CC(C)=C/C=C/[C@@]1(C)CCC[C@]2(C)Oc3ccc(O)cc3C[C@@H]12. The Morgan fingerprint density at radius 1 is 1.26 bits per heavy atom. The summed E-state index contributed by atoms with van der Waals surface area (Å²) in [5.74, 6) is 1.70. The number of fused-ring (bicyclic) bond motifs is 2. The number of phenols is 1. The monoisotopic (exact) mass is 312 g/mol. The molecule has 0 unspecified atom stereocenters. The highest BCUT2D eigenvalue weighted by Gasteiger charge is 2.51. The summed E-state index contributed by atoms with van der Waals surface area (Å²) in [5.41, 5.74) is 2.46. The van der Waals surface area contributed by atoms with Gasteiger partial charge in [0.1, 0.15) is 17.1 Å². The zero-order valence-electron chi connectivity index (χ0n) is 14.7. The molecule has 0 spiro atoms. The molecule has 1 aliphatic carbocycles. The van der Waals surface area contributed by atoms with Crippen molar-refractivity contribution in [3.05, 3.63) is 47.6 Å². The van der Waals surface area contributed by atoms with Crippen molar-refractivity contribution in [2.45, 2.75) is 59.0 Å². The molecule has 1 heterocycles. The quantitative estimate of drug-likeness (QED) is 0.739. The van der Waals surface area contributed by atoms with E-state index in [4.69, 9.17) is 4.74 Å². The van der Waals surface area contributed by atoms with Crippen molar-refractivity contribution in [3.63, 3.8) is 0 Å². The van der Waals surface area contributed by atoms with Crippen molar-refractivity contribution >= 4 is 0 Å². The van der Waals surface area contributed by atoms with Gasteiger partial charge in [0.2, 0.25) is 0 Å². The molecule has 2 heteroatoms. The lowest BCUT2D eigenvalue weighted by atomic mass is 9.58. The van der Waals surface area contributed by atoms with E-state index in [0.29, 0.717) is 11.7 Å². The van der Waals surface area contributed by atoms with Gasteiger partial charge in [0.15, 0.2) is 0 Å². The molecule has 0 bridgehead atoms. The number of benzene rings is 1. The molecule has 1 N–H and O–H groups in total.